The molecule has 0 amide bonds. The third kappa shape index (κ3) is 2.07. The summed E-state index contributed by atoms with van der Waals surface area (Å²) in [6.45, 7) is 6.55. The number of rotatable bonds is 1. The minimum atomic E-state index is 0.220. The quantitative estimate of drug-likeness (QED) is 0.505. The molecule has 1 aliphatic rings. The fourth-order valence-corrected chi connectivity index (χ4v) is 3.44. The topological polar surface area (TPSA) is 33.2 Å². The zero-order valence-corrected chi connectivity index (χ0v) is 13.9. The molecule has 114 valence electrons. The summed E-state index contributed by atoms with van der Waals surface area (Å²) in [6, 6.07) is 10.4. The minimum Gasteiger partial charge on any atom is -0.439 e. The molecule has 0 N–H and O–H groups in total. The van der Waals surface area contributed by atoms with Crippen molar-refractivity contribution < 1.29 is 8.98 Å². The molecular formula is C18H19BN3O+. The average Bonchev–Trinajstić information content (AvgIpc) is 2.86. The van der Waals surface area contributed by atoms with Crippen molar-refractivity contribution in [3.8, 4) is 0 Å². The van der Waals surface area contributed by atoms with E-state index in [1.807, 2.05) is 19.1 Å². The molecule has 0 unspecified atom stereocenters. The number of aryl methyl sites for hydroxylation is 2. The second-order valence-electron chi connectivity index (χ2n) is 6.18. The third-order valence-electron chi connectivity index (χ3n) is 4.52. The zero-order chi connectivity index (χ0) is 16.1. The van der Waals surface area contributed by atoms with Crippen molar-refractivity contribution in [3.63, 3.8) is 0 Å². The third-order valence-corrected chi connectivity index (χ3v) is 4.52. The number of nitrogens with zero attached hydrogens (tertiary/aromatic N) is 3. The first kappa shape index (κ1) is 14.1. The Hall–Kier alpha value is -2.56. The van der Waals surface area contributed by atoms with Gasteiger partial charge in [-0.05, 0) is 44.8 Å². The first-order chi connectivity index (χ1) is 11.1. The van der Waals surface area contributed by atoms with Crippen LogP contribution in [0.3, 0.4) is 0 Å². The number of pyridine rings is 2. The highest BCUT2D eigenvalue weighted by Gasteiger charge is 2.33. The van der Waals surface area contributed by atoms with E-state index in [1.165, 1.54) is 5.70 Å². The molecule has 0 aliphatic carbocycles. The smallest absolute Gasteiger partial charge is 0.405 e. The van der Waals surface area contributed by atoms with E-state index in [-0.39, 0.29) is 6.85 Å². The van der Waals surface area contributed by atoms with Gasteiger partial charge in [0.25, 0.3) is 5.82 Å². The monoisotopic (exact) mass is 304 g/mol. The van der Waals surface area contributed by atoms with E-state index in [2.05, 4.69) is 65.5 Å². The van der Waals surface area contributed by atoms with Crippen molar-refractivity contribution >= 4 is 35.4 Å². The summed E-state index contributed by atoms with van der Waals surface area (Å²) in [4.78, 5) is 6.88. The predicted molar refractivity (Wildman–Crippen MR) is 93.3 cm³/mol. The zero-order valence-electron chi connectivity index (χ0n) is 13.9. The summed E-state index contributed by atoms with van der Waals surface area (Å²) in [5.74, 6) is 3.33. The van der Waals surface area contributed by atoms with Crippen LogP contribution in [-0.2, 0) is 7.05 Å². The average molecular weight is 304 g/mol. The number of aromatic nitrogens is 2. The van der Waals surface area contributed by atoms with Crippen LogP contribution in [-0.4, -0.2) is 11.8 Å². The fraction of sp³-hybridized carbons (Fsp3) is 0.222. The van der Waals surface area contributed by atoms with Crippen LogP contribution >= 0.6 is 0 Å². The lowest BCUT2D eigenvalue weighted by atomic mass is 9.61. The standard InChI is InChI=1S/C18H19BN3O/c1-12-8-9-14-17-13(2)22(16-7-5-6-10-21(16)4)19(3)11-15(17)23-18(14)20-12/h5-11H,1-4H3/q+1. The van der Waals surface area contributed by atoms with Gasteiger partial charge in [-0.3, -0.25) is 4.81 Å². The Labute approximate surface area is 135 Å². The van der Waals surface area contributed by atoms with E-state index in [9.17, 15) is 0 Å². The Morgan fingerprint density at radius 1 is 1.17 bits per heavy atom. The van der Waals surface area contributed by atoms with Crippen molar-refractivity contribution in [1.82, 2.24) is 4.98 Å². The van der Waals surface area contributed by atoms with Crippen LogP contribution in [0.25, 0.3) is 22.8 Å². The Bertz CT molecular complexity index is 1040. The maximum atomic E-state index is 6.01. The van der Waals surface area contributed by atoms with E-state index < -0.39 is 0 Å². The molecule has 0 bridgehead atoms. The number of furan rings is 1. The minimum absolute atomic E-state index is 0.220. The molecule has 0 atom stereocenters. The molecule has 23 heavy (non-hydrogen) atoms. The molecule has 4 rings (SSSR count). The Morgan fingerprint density at radius 3 is 2.78 bits per heavy atom. The molecule has 0 radical (unpaired) electrons. The van der Waals surface area contributed by atoms with Gasteiger partial charge in [0.2, 0.25) is 5.71 Å². The largest absolute Gasteiger partial charge is 0.439 e. The van der Waals surface area contributed by atoms with Gasteiger partial charge in [0, 0.05) is 11.8 Å². The van der Waals surface area contributed by atoms with E-state index in [1.54, 1.807) is 0 Å². The van der Waals surface area contributed by atoms with Crippen LogP contribution in [0, 0.1) is 6.92 Å². The Kier molecular flexibility index (Phi) is 3.05. The van der Waals surface area contributed by atoms with Crippen molar-refractivity contribution in [2.75, 3.05) is 4.81 Å². The maximum Gasteiger partial charge on any atom is 0.405 e. The van der Waals surface area contributed by atoms with E-state index in [0.29, 0.717) is 0 Å². The second kappa shape index (κ2) is 4.98. The lowest BCUT2D eigenvalue weighted by molar-refractivity contribution is -0.658. The first-order valence-electron chi connectivity index (χ1n) is 7.89. The van der Waals surface area contributed by atoms with E-state index >= 15 is 0 Å². The van der Waals surface area contributed by atoms with E-state index in [4.69, 9.17) is 4.42 Å². The molecule has 0 saturated heterocycles. The summed E-state index contributed by atoms with van der Waals surface area (Å²) in [6.07, 6.45) is 2.07. The highest BCUT2D eigenvalue weighted by Crippen LogP contribution is 2.20. The molecule has 5 heteroatoms. The van der Waals surface area contributed by atoms with Crippen LogP contribution in [0.1, 0.15) is 12.6 Å². The van der Waals surface area contributed by atoms with Crippen LogP contribution in [0.4, 0.5) is 5.82 Å². The van der Waals surface area contributed by atoms with Gasteiger partial charge in [-0.25, -0.2) is 9.55 Å². The molecule has 3 aromatic heterocycles. The lowest BCUT2D eigenvalue weighted by Gasteiger charge is -2.23. The second-order valence-corrected chi connectivity index (χ2v) is 6.18. The van der Waals surface area contributed by atoms with Gasteiger partial charge in [-0.2, -0.15) is 0 Å². The Morgan fingerprint density at radius 2 is 2.00 bits per heavy atom. The maximum absolute atomic E-state index is 6.01. The molecule has 0 spiro atoms. The summed E-state index contributed by atoms with van der Waals surface area (Å²) in [7, 11) is 2.07. The first-order valence-corrected chi connectivity index (χ1v) is 7.89. The molecule has 1 aliphatic heterocycles. The molecule has 0 saturated carbocycles. The number of hydrogen-bond acceptors (Lipinski definition) is 3. The van der Waals surface area contributed by atoms with Gasteiger partial charge in [0.05, 0.1) is 29.5 Å². The fourth-order valence-electron chi connectivity index (χ4n) is 3.44. The van der Waals surface area contributed by atoms with Crippen molar-refractivity contribution in [3.05, 3.63) is 52.9 Å². The lowest BCUT2D eigenvalue weighted by Crippen LogP contribution is -2.50. The van der Waals surface area contributed by atoms with Crippen LogP contribution in [0.15, 0.2) is 40.9 Å². The van der Waals surface area contributed by atoms with Gasteiger partial charge in [0.1, 0.15) is 5.42 Å². The van der Waals surface area contributed by atoms with Gasteiger partial charge in [0.15, 0.2) is 0 Å². The summed E-state index contributed by atoms with van der Waals surface area (Å²) in [5.41, 5.74) is 3.82. The van der Waals surface area contributed by atoms with Crippen molar-refractivity contribution in [2.24, 2.45) is 7.05 Å². The molecule has 0 aromatic carbocycles. The number of anilines is 1. The normalized spacial score (nSPS) is 14.2. The van der Waals surface area contributed by atoms with Gasteiger partial charge in [-0.1, -0.05) is 6.07 Å². The molecule has 0 fully saturated rings. The Balaban J connectivity index is 2.06. The number of fused-ring (bicyclic) bond motifs is 3. The van der Waals surface area contributed by atoms with Crippen LogP contribution in [0.2, 0.25) is 6.82 Å². The van der Waals surface area contributed by atoms with Crippen molar-refractivity contribution in [2.45, 2.75) is 20.7 Å². The summed E-state index contributed by atoms with van der Waals surface area (Å²) in [5, 5.41) is 2.23. The van der Waals surface area contributed by atoms with Gasteiger partial charge in [-0.15, -0.1) is 0 Å². The van der Waals surface area contributed by atoms with Gasteiger partial charge < -0.3 is 4.42 Å². The highest BCUT2D eigenvalue weighted by atomic mass is 16.3. The molecule has 4 heterocycles. The van der Waals surface area contributed by atoms with Crippen LogP contribution in [0.5, 0.6) is 0 Å². The van der Waals surface area contributed by atoms with Crippen LogP contribution < -0.4 is 20.0 Å². The molecule has 4 nitrogen and oxygen atoms in total. The SMILES string of the molecule is CB1C=c2oc3nc(C)ccc3c2=C(C)N1c1cccc[n+]1C. The summed E-state index contributed by atoms with van der Waals surface area (Å²) >= 11 is 0. The molecular weight excluding hydrogens is 285 g/mol. The summed E-state index contributed by atoms with van der Waals surface area (Å²) < 4.78 is 8.15. The highest BCUT2D eigenvalue weighted by molar-refractivity contribution is 6.77. The molecule has 3 aromatic rings. The van der Waals surface area contributed by atoms with Crippen molar-refractivity contribution in [1.29, 1.82) is 0 Å². The van der Waals surface area contributed by atoms with Gasteiger partial charge >= 0.3 is 6.85 Å². The van der Waals surface area contributed by atoms with E-state index in [0.717, 1.165) is 33.2 Å². The number of hydrogen-bond donors (Lipinski definition) is 0. The predicted octanol–water partition coefficient (Wildman–Crippen LogP) is 1.55.